The van der Waals surface area contributed by atoms with Gasteiger partial charge < -0.3 is 15.2 Å². The van der Waals surface area contributed by atoms with Gasteiger partial charge in [-0.05, 0) is 12.5 Å². The van der Waals surface area contributed by atoms with E-state index in [0.29, 0.717) is 6.61 Å². The highest BCUT2D eigenvalue weighted by molar-refractivity contribution is 5.95. The molecule has 0 aliphatic rings. The summed E-state index contributed by atoms with van der Waals surface area (Å²) in [6.45, 7) is 2.94. The predicted molar refractivity (Wildman–Crippen MR) is 66.8 cm³/mol. The summed E-state index contributed by atoms with van der Waals surface area (Å²) in [5.41, 5.74) is 5.08. The van der Waals surface area contributed by atoms with Gasteiger partial charge in [0.2, 0.25) is 0 Å². The number of anilines is 1. The van der Waals surface area contributed by atoms with E-state index < -0.39 is 17.6 Å². The summed E-state index contributed by atoms with van der Waals surface area (Å²) in [5.74, 6) is -3.03. The molecule has 0 atom stereocenters. The third-order valence-electron chi connectivity index (χ3n) is 2.42. The van der Waals surface area contributed by atoms with Crippen LogP contribution in [0.2, 0.25) is 0 Å². The highest BCUT2D eigenvalue weighted by atomic mass is 19.2. The van der Waals surface area contributed by atoms with Gasteiger partial charge >= 0.3 is 5.97 Å². The first kappa shape index (κ1) is 15.4. The number of rotatable bonds is 7. The molecular weight excluding hydrogens is 256 g/mol. The molecule has 0 saturated carbocycles. The van der Waals surface area contributed by atoms with Gasteiger partial charge in [0.15, 0.2) is 11.6 Å². The second-order valence-electron chi connectivity index (χ2n) is 3.96. The summed E-state index contributed by atoms with van der Waals surface area (Å²) >= 11 is 0. The molecule has 4 nitrogen and oxygen atoms in total. The second-order valence-corrected chi connectivity index (χ2v) is 3.96. The van der Waals surface area contributed by atoms with Crippen molar-refractivity contribution in [3.05, 3.63) is 29.3 Å². The number of hydrogen-bond donors (Lipinski definition) is 1. The first-order valence-electron chi connectivity index (χ1n) is 6.05. The largest absolute Gasteiger partial charge is 0.460 e. The fourth-order valence-corrected chi connectivity index (χ4v) is 1.36. The standard InChI is InChI=1S/C13H17F2NO3/c1-2-3-4-18-5-6-19-13(17)9-7-10(14)11(15)8-12(9)16/h7-8H,2-6,16H2,1H3. The van der Waals surface area contributed by atoms with Gasteiger partial charge in [0.25, 0.3) is 0 Å². The number of esters is 1. The van der Waals surface area contributed by atoms with Gasteiger partial charge in [-0.15, -0.1) is 0 Å². The molecule has 0 aromatic heterocycles. The number of benzene rings is 1. The summed E-state index contributed by atoms with van der Waals surface area (Å²) in [4.78, 5) is 11.6. The fraction of sp³-hybridized carbons (Fsp3) is 0.462. The van der Waals surface area contributed by atoms with Crippen LogP contribution in [0.1, 0.15) is 30.1 Å². The van der Waals surface area contributed by atoms with Crippen LogP contribution in [0.25, 0.3) is 0 Å². The van der Waals surface area contributed by atoms with Crippen molar-refractivity contribution >= 4 is 11.7 Å². The number of ether oxygens (including phenoxy) is 2. The van der Waals surface area contributed by atoms with E-state index in [0.717, 1.165) is 25.0 Å². The summed E-state index contributed by atoms with van der Waals surface area (Å²) in [6.07, 6.45) is 1.95. The van der Waals surface area contributed by atoms with Gasteiger partial charge in [-0.3, -0.25) is 0 Å². The molecule has 0 unspecified atom stereocenters. The number of unbranched alkanes of at least 4 members (excludes halogenated alkanes) is 1. The Morgan fingerprint density at radius 2 is 1.89 bits per heavy atom. The van der Waals surface area contributed by atoms with Crippen LogP contribution in [0.3, 0.4) is 0 Å². The molecule has 1 rings (SSSR count). The first-order chi connectivity index (χ1) is 9.06. The molecule has 19 heavy (non-hydrogen) atoms. The van der Waals surface area contributed by atoms with E-state index in [4.69, 9.17) is 15.2 Å². The highest BCUT2D eigenvalue weighted by Gasteiger charge is 2.15. The summed E-state index contributed by atoms with van der Waals surface area (Å²) in [5, 5.41) is 0. The minimum Gasteiger partial charge on any atom is -0.460 e. The number of halogens is 2. The molecule has 1 aromatic carbocycles. The number of carbonyl (C=O) groups is 1. The molecule has 0 fully saturated rings. The zero-order valence-corrected chi connectivity index (χ0v) is 10.7. The Kier molecular flexibility index (Phi) is 6.21. The Labute approximate surface area is 110 Å². The minimum absolute atomic E-state index is 0.0426. The van der Waals surface area contributed by atoms with Gasteiger partial charge in [0, 0.05) is 18.4 Å². The van der Waals surface area contributed by atoms with Gasteiger partial charge in [-0.2, -0.15) is 0 Å². The molecule has 106 valence electrons. The molecule has 0 saturated heterocycles. The van der Waals surface area contributed by atoms with E-state index >= 15 is 0 Å². The van der Waals surface area contributed by atoms with E-state index in [1.54, 1.807) is 0 Å². The Morgan fingerprint density at radius 1 is 1.21 bits per heavy atom. The minimum atomic E-state index is -1.14. The van der Waals surface area contributed by atoms with Crippen molar-refractivity contribution in [2.75, 3.05) is 25.6 Å². The quantitative estimate of drug-likeness (QED) is 0.471. The van der Waals surface area contributed by atoms with Gasteiger partial charge in [-0.25, -0.2) is 13.6 Å². The van der Waals surface area contributed by atoms with Crippen LogP contribution in [0, 0.1) is 11.6 Å². The molecule has 0 aliphatic heterocycles. The zero-order valence-electron chi connectivity index (χ0n) is 10.7. The molecule has 0 heterocycles. The maximum absolute atomic E-state index is 13.0. The molecule has 0 spiro atoms. The number of carbonyl (C=O) groups excluding carboxylic acids is 1. The Balaban J connectivity index is 2.43. The average molecular weight is 273 g/mol. The number of nitrogens with two attached hydrogens (primary N) is 1. The predicted octanol–water partition coefficient (Wildman–Crippen LogP) is 2.52. The van der Waals surface area contributed by atoms with Gasteiger partial charge in [-0.1, -0.05) is 13.3 Å². The Morgan fingerprint density at radius 3 is 2.58 bits per heavy atom. The Bertz CT molecular complexity index is 438. The monoisotopic (exact) mass is 273 g/mol. The molecule has 1 aromatic rings. The molecule has 2 N–H and O–H groups in total. The van der Waals surface area contributed by atoms with Crippen molar-refractivity contribution in [3.8, 4) is 0 Å². The van der Waals surface area contributed by atoms with Crippen molar-refractivity contribution in [1.29, 1.82) is 0 Å². The van der Waals surface area contributed by atoms with Crippen molar-refractivity contribution in [2.24, 2.45) is 0 Å². The third-order valence-corrected chi connectivity index (χ3v) is 2.42. The van der Waals surface area contributed by atoms with Crippen molar-refractivity contribution in [3.63, 3.8) is 0 Å². The molecule has 0 aliphatic carbocycles. The summed E-state index contributed by atoms with van der Waals surface area (Å²) in [6, 6.07) is 1.48. The molecule has 6 heteroatoms. The van der Waals surface area contributed by atoms with Gasteiger partial charge in [0.05, 0.1) is 12.2 Å². The van der Waals surface area contributed by atoms with Crippen molar-refractivity contribution < 1.29 is 23.0 Å². The van der Waals surface area contributed by atoms with Crippen LogP contribution in [0.4, 0.5) is 14.5 Å². The van der Waals surface area contributed by atoms with Crippen molar-refractivity contribution in [2.45, 2.75) is 19.8 Å². The highest BCUT2D eigenvalue weighted by Crippen LogP contribution is 2.17. The van der Waals surface area contributed by atoms with E-state index in [9.17, 15) is 13.6 Å². The third kappa shape index (κ3) is 4.82. The van der Waals surface area contributed by atoms with Crippen LogP contribution in [-0.2, 0) is 9.47 Å². The van der Waals surface area contributed by atoms with E-state index in [1.807, 2.05) is 6.92 Å². The number of nitrogen functional groups attached to an aromatic ring is 1. The summed E-state index contributed by atoms with van der Waals surface area (Å²) in [7, 11) is 0. The number of hydrogen-bond acceptors (Lipinski definition) is 4. The van der Waals surface area contributed by atoms with E-state index in [1.165, 1.54) is 0 Å². The van der Waals surface area contributed by atoms with Crippen LogP contribution >= 0.6 is 0 Å². The average Bonchev–Trinajstić information content (AvgIpc) is 2.37. The lowest BCUT2D eigenvalue weighted by molar-refractivity contribution is 0.0314. The fourth-order valence-electron chi connectivity index (χ4n) is 1.36. The molecule has 0 bridgehead atoms. The first-order valence-corrected chi connectivity index (χ1v) is 6.05. The molecule has 0 amide bonds. The molecular formula is C13H17F2NO3. The van der Waals surface area contributed by atoms with Crippen LogP contribution in [0.5, 0.6) is 0 Å². The maximum Gasteiger partial charge on any atom is 0.340 e. The lowest BCUT2D eigenvalue weighted by Gasteiger charge is -2.08. The van der Waals surface area contributed by atoms with Crippen LogP contribution in [0.15, 0.2) is 12.1 Å². The van der Waals surface area contributed by atoms with E-state index in [-0.39, 0.29) is 24.5 Å². The lowest BCUT2D eigenvalue weighted by Crippen LogP contribution is -2.13. The topological polar surface area (TPSA) is 61.5 Å². The summed E-state index contributed by atoms with van der Waals surface area (Å²) < 4.78 is 35.8. The smallest absolute Gasteiger partial charge is 0.340 e. The van der Waals surface area contributed by atoms with Crippen molar-refractivity contribution in [1.82, 2.24) is 0 Å². The van der Waals surface area contributed by atoms with Crippen LogP contribution < -0.4 is 5.73 Å². The maximum atomic E-state index is 13.0. The molecule has 0 radical (unpaired) electrons. The van der Waals surface area contributed by atoms with E-state index in [2.05, 4.69) is 0 Å². The Hall–Kier alpha value is -1.69. The zero-order chi connectivity index (χ0) is 14.3. The second kappa shape index (κ2) is 7.68. The van der Waals surface area contributed by atoms with Gasteiger partial charge in [0.1, 0.15) is 6.61 Å². The normalized spacial score (nSPS) is 10.5. The lowest BCUT2D eigenvalue weighted by atomic mass is 10.1. The van der Waals surface area contributed by atoms with Crippen LogP contribution in [-0.4, -0.2) is 25.8 Å². The SMILES string of the molecule is CCCCOCCOC(=O)c1cc(F)c(F)cc1N.